The fourth-order valence-corrected chi connectivity index (χ4v) is 3.47. The van der Waals surface area contributed by atoms with Gasteiger partial charge in [-0.2, -0.15) is 0 Å². The smallest absolute Gasteiger partial charge is 0.127 e. The molecule has 2 N–H and O–H groups in total. The molecule has 0 aromatic heterocycles. The zero-order valence-electron chi connectivity index (χ0n) is 10.5. The van der Waals surface area contributed by atoms with Crippen molar-refractivity contribution >= 4 is 31.9 Å². The predicted molar refractivity (Wildman–Crippen MR) is 83.5 cm³/mol. The van der Waals surface area contributed by atoms with E-state index < -0.39 is 6.04 Å². The molecule has 1 aliphatic heterocycles. The van der Waals surface area contributed by atoms with Gasteiger partial charge in [-0.1, -0.05) is 31.9 Å². The molecule has 0 fully saturated rings. The van der Waals surface area contributed by atoms with Crippen LogP contribution in [0.1, 0.15) is 22.7 Å². The van der Waals surface area contributed by atoms with Crippen LogP contribution in [-0.4, -0.2) is 6.61 Å². The van der Waals surface area contributed by atoms with E-state index in [0.717, 1.165) is 32.2 Å². The first-order valence-electron chi connectivity index (χ1n) is 6.22. The van der Waals surface area contributed by atoms with E-state index in [1.54, 1.807) is 6.07 Å². The van der Waals surface area contributed by atoms with Crippen LogP contribution in [-0.2, 0) is 6.42 Å². The van der Waals surface area contributed by atoms with E-state index in [9.17, 15) is 4.39 Å². The Kier molecular flexibility index (Phi) is 3.84. The molecule has 0 aliphatic carbocycles. The zero-order chi connectivity index (χ0) is 14.3. The van der Waals surface area contributed by atoms with Crippen molar-refractivity contribution in [3.63, 3.8) is 0 Å². The number of nitrogens with two attached hydrogens (primary N) is 1. The normalized spacial score (nSPS) is 14.8. The molecule has 0 amide bonds. The summed E-state index contributed by atoms with van der Waals surface area (Å²) < 4.78 is 20.9. The quantitative estimate of drug-likeness (QED) is 0.813. The van der Waals surface area contributed by atoms with E-state index in [2.05, 4.69) is 31.9 Å². The molecule has 20 heavy (non-hydrogen) atoms. The second-order valence-corrected chi connectivity index (χ2v) is 6.50. The Balaban J connectivity index is 2.11. The van der Waals surface area contributed by atoms with Gasteiger partial charge in [0, 0.05) is 20.9 Å². The SMILES string of the molecule is NC(c1cc(F)ccc1Br)c1cc(Br)cc2c1OCC2. The highest BCUT2D eigenvalue weighted by molar-refractivity contribution is 9.10. The van der Waals surface area contributed by atoms with Gasteiger partial charge in [0.1, 0.15) is 11.6 Å². The van der Waals surface area contributed by atoms with Crippen molar-refractivity contribution in [1.29, 1.82) is 0 Å². The van der Waals surface area contributed by atoms with Crippen LogP contribution in [0.5, 0.6) is 5.75 Å². The molecule has 1 heterocycles. The van der Waals surface area contributed by atoms with Gasteiger partial charge >= 0.3 is 0 Å². The largest absolute Gasteiger partial charge is 0.493 e. The summed E-state index contributed by atoms with van der Waals surface area (Å²) in [6, 6.07) is 8.07. The number of hydrogen-bond donors (Lipinski definition) is 1. The third-order valence-electron chi connectivity index (χ3n) is 3.41. The van der Waals surface area contributed by atoms with Crippen LogP contribution in [0.4, 0.5) is 4.39 Å². The van der Waals surface area contributed by atoms with Crippen molar-refractivity contribution in [2.45, 2.75) is 12.5 Å². The molecule has 0 saturated carbocycles. The van der Waals surface area contributed by atoms with Crippen molar-refractivity contribution < 1.29 is 9.13 Å². The second-order valence-electron chi connectivity index (χ2n) is 4.73. The van der Waals surface area contributed by atoms with E-state index in [-0.39, 0.29) is 5.82 Å². The van der Waals surface area contributed by atoms with Crippen LogP contribution in [0.25, 0.3) is 0 Å². The second kappa shape index (κ2) is 5.47. The van der Waals surface area contributed by atoms with Crippen LogP contribution >= 0.6 is 31.9 Å². The first-order chi connectivity index (χ1) is 9.56. The highest BCUT2D eigenvalue weighted by Gasteiger charge is 2.23. The summed E-state index contributed by atoms with van der Waals surface area (Å²) in [5.41, 5.74) is 9.05. The Hall–Kier alpha value is -0.910. The first kappa shape index (κ1) is 14.0. The maximum atomic E-state index is 13.5. The summed E-state index contributed by atoms with van der Waals surface area (Å²) >= 11 is 6.92. The molecule has 2 aromatic carbocycles. The van der Waals surface area contributed by atoms with Gasteiger partial charge < -0.3 is 10.5 Å². The van der Waals surface area contributed by atoms with Gasteiger partial charge in [-0.05, 0) is 41.5 Å². The van der Waals surface area contributed by atoms with E-state index >= 15 is 0 Å². The van der Waals surface area contributed by atoms with Crippen LogP contribution in [0.2, 0.25) is 0 Å². The molecule has 5 heteroatoms. The fourth-order valence-electron chi connectivity index (χ4n) is 2.45. The number of fused-ring (bicyclic) bond motifs is 1. The highest BCUT2D eigenvalue weighted by atomic mass is 79.9. The number of benzene rings is 2. The van der Waals surface area contributed by atoms with Gasteiger partial charge in [0.2, 0.25) is 0 Å². The minimum atomic E-state index is -0.440. The Morgan fingerprint density at radius 1 is 1.15 bits per heavy atom. The van der Waals surface area contributed by atoms with E-state index in [0.29, 0.717) is 12.2 Å². The van der Waals surface area contributed by atoms with Crippen molar-refractivity contribution in [2.75, 3.05) is 6.61 Å². The lowest BCUT2D eigenvalue weighted by Gasteiger charge is -2.18. The maximum Gasteiger partial charge on any atom is 0.127 e. The number of halogens is 3. The Morgan fingerprint density at radius 2 is 1.95 bits per heavy atom. The molecule has 0 radical (unpaired) electrons. The van der Waals surface area contributed by atoms with Crippen LogP contribution in [0, 0.1) is 5.82 Å². The van der Waals surface area contributed by atoms with Crippen molar-refractivity contribution in [1.82, 2.24) is 0 Å². The van der Waals surface area contributed by atoms with Crippen molar-refractivity contribution in [3.05, 3.63) is 61.8 Å². The topological polar surface area (TPSA) is 35.2 Å². The van der Waals surface area contributed by atoms with Gasteiger partial charge in [-0.25, -0.2) is 4.39 Å². The monoisotopic (exact) mass is 399 g/mol. The molecule has 2 nitrogen and oxygen atoms in total. The third-order valence-corrected chi connectivity index (χ3v) is 4.59. The molecule has 1 unspecified atom stereocenters. The summed E-state index contributed by atoms with van der Waals surface area (Å²) in [4.78, 5) is 0. The van der Waals surface area contributed by atoms with Crippen LogP contribution in [0.3, 0.4) is 0 Å². The van der Waals surface area contributed by atoms with Gasteiger partial charge in [0.05, 0.1) is 12.6 Å². The molecule has 104 valence electrons. The number of ether oxygens (including phenoxy) is 1. The summed E-state index contributed by atoms with van der Waals surface area (Å²) in [6.45, 7) is 0.663. The summed E-state index contributed by atoms with van der Waals surface area (Å²) in [7, 11) is 0. The Labute approximate surface area is 133 Å². The average Bonchev–Trinajstić information content (AvgIpc) is 2.87. The molecule has 1 aliphatic rings. The van der Waals surface area contributed by atoms with Gasteiger partial charge in [0.15, 0.2) is 0 Å². The molecule has 0 bridgehead atoms. The lowest BCUT2D eigenvalue weighted by molar-refractivity contribution is 0.352. The minimum absolute atomic E-state index is 0.300. The molecular weight excluding hydrogens is 389 g/mol. The zero-order valence-corrected chi connectivity index (χ0v) is 13.7. The van der Waals surface area contributed by atoms with Gasteiger partial charge in [-0.15, -0.1) is 0 Å². The first-order valence-corrected chi connectivity index (χ1v) is 7.80. The fraction of sp³-hybridized carbons (Fsp3) is 0.200. The molecular formula is C15H12Br2FNO. The third kappa shape index (κ3) is 2.50. The molecule has 2 aromatic rings. The molecule has 1 atom stereocenters. The average molecular weight is 401 g/mol. The van der Waals surface area contributed by atoms with Gasteiger partial charge in [0.25, 0.3) is 0 Å². The summed E-state index contributed by atoms with van der Waals surface area (Å²) in [6.07, 6.45) is 0.874. The summed E-state index contributed by atoms with van der Waals surface area (Å²) in [5, 5.41) is 0. The number of hydrogen-bond acceptors (Lipinski definition) is 2. The predicted octanol–water partition coefficient (Wildman–Crippen LogP) is 4.33. The maximum absolute atomic E-state index is 13.5. The van der Waals surface area contributed by atoms with Crippen LogP contribution < -0.4 is 10.5 Å². The molecule has 0 saturated heterocycles. The minimum Gasteiger partial charge on any atom is -0.493 e. The summed E-state index contributed by atoms with van der Waals surface area (Å²) in [5.74, 6) is 0.531. The Morgan fingerprint density at radius 3 is 2.75 bits per heavy atom. The Bertz CT molecular complexity index is 675. The van der Waals surface area contributed by atoms with E-state index in [4.69, 9.17) is 10.5 Å². The molecule has 3 rings (SSSR count). The lowest BCUT2D eigenvalue weighted by Crippen LogP contribution is -2.14. The van der Waals surface area contributed by atoms with Crippen molar-refractivity contribution in [3.8, 4) is 5.75 Å². The highest BCUT2D eigenvalue weighted by Crippen LogP contribution is 2.39. The van der Waals surface area contributed by atoms with Crippen LogP contribution in [0.15, 0.2) is 39.3 Å². The van der Waals surface area contributed by atoms with E-state index in [1.165, 1.54) is 12.1 Å². The molecule has 0 spiro atoms. The standard InChI is InChI=1S/C15H12Br2FNO/c16-9-5-8-3-4-20-15(8)12(6-9)14(19)11-7-10(18)1-2-13(11)17/h1-2,5-7,14H,3-4,19H2. The number of rotatable bonds is 2. The lowest BCUT2D eigenvalue weighted by atomic mass is 9.96. The van der Waals surface area contributed by atoms with Gasteiger partial charge in [-0.3, -0.25) is 0 Å². The van der Waals surface area contributed by atoms with E-state index in [1.807, 2.05) is 12.1 Å². The van der Waals surface area contributed by atoms with Crippen molar-refractivity contribution in [2.24, 2.45) is 5.73 Å².